The average Bonchev–Trinajstić information content (AvgIpc) is 2.96. The van der Waals surface area contributed by atoms with E-state index in [-0.39, 0.29) is 11.2 Å². The van der Waals surface area contributed by atoms with Crippen LogP contribution < -0.4 is 5.46 Å². The van der Waals surface area contributed by atoms with Crippen LogP contribution in [-0.2, 0) is 9.31 Å². The van der Waals surface area contributed by atoms with Gasteiger partial charge in [-0.1, -0.05) is 0 Å². The van der Waals surface area contributed by atoms with Gasteiger partial charge in [0.25, 0.3) is 0 Å². The van der Waals surface area contributed by atoms with Crippen molar-refractivity contribution in [3.8, 4) is 11.5 Å². The molecule has 3 heterocycles. The first-order valence-electron chi connectivity index (χ1n) is 6.85. The molecule has 0 spiro atoms. The summed E-state index contributed by atoms with van der Waals surface area (Å²) in [5.41, 5.74) is 0.935. The second-order valence-electron chi connectivity index (χ2n) is 6.16. The first-order chi connectivity index (χ1) is 9.80. The number of nitrogens with zero attached hydrogens (tertiary/aromatic N) is 1. The maximum atomic E-state index is 6.03. The summed E-state index contributed by atoms with van der Waals surface area (Å²) in [5.74, 6) is 0.724. The minimum Gasteiger partial charge on any atom is -0.463 e. The van der Waals surface area contributed by atoms with Crippen molar-refractivity contribution in [1.82, 2.24) is 4.98 Å². The van der Waals surface area contributed by atoms with Crippen LogP contribution in [0.1, 0.15) is 27.7 Å². The minimum absolute atomic E-state index is 0.357. The Hall–Kier alpha value is -1.11. The zero-order valence-electron chi connectivity index (χ0n) is 12.5. The highest BCUT2D eigenvalue weighted by molar-refractivity contribution is 9.10. The monoisotopic (exact) mass is 349 g/mol. The van der Waals surface area contributed by atoms with Crippen LogP contribution in [0.2, 0.25) is 0 Å². The van der Waals surface area contributed by atoms with Crippen molar-refractivity contribution in [3.63, 3.8) is 0 Å². The van der Waals surface area contributed by atoms with E-state index >= 15 is 0 Å². The number of hydrogen-bond acceptors (Lipinski definition) is 4. The fraction of sp³-hybridized carbons (Fsp3) is 0.400. The summed E-state index contributed by atoms with van der Waals surface area (Å²) < 4.78 is 18.3. The summed E-state index contributed by atoms with van der Waals surface area (Å²) >= 11 is 3.54. The number of halogens is 1. The van der Waals surface area contributed by atoms with Crippen LogP contribution in [0.3, 0.4) is 0 Å². The van der Waals surface area contributed by atoms with E-state index in [2.05, 4.69) is 20.9 Å². The molecule has 1 fully saturated rings. The minimum atomic E-state index is -0.413. The van der Waals surface area contributed by atoms with Gasteiger partial charge in [-0.2, -0.15) is 0 Å². The molecular weight excluding hydrogens is 333 g/mol. The standard InChI is InChI=1S/C15H17BBrNO3/c1-14(2)15(3,4)21-16(20-14)10-8-11(17)13(18-9-10)12-6-5-7-19-12/h5-9H,1-4H3. The highest BCUT2D eigenvalue weighted by Gasteiger charge is 2.51. The number of furan rings is 1. The second kappa shape index (κ2) is 4.97. The lowest BCUT2D eigenvalue weighted by molar-refractivity contribution is 0.00578. The largest absolute Gasteiger partial charge is 0.496 e. The Morgan fingerprint density at radius 1 is 1.14 bits per heavy atom. The van der Waals surface area contributed by atoms with Gasteiger partial charge in [0.2, 0.25) is 0 Å². The summed E-state index contributed by atoms with van der Waals surface area (Å²) in [6, 6.07) is 5.68. The van der Waals surface area contributed by atoms with E-state index in [4.69, 9.17) is 13.7 Å². The molecule has 0 unspecified atom stereocenters. The van der Waals surface area contributed by atoms with E-state index in [0.29, 0.717) is 0 Å². The maximum Gasteiger partial charge on any atom is 0.496 e. The summed E-state index contributed by atoms with van der Waals surface area (Å²) in [7, 11) is -0.413. The molecule has 0 radical (unpaired) electrons. The fourth-order valence-corrected chi connectivity index (χ4v) is 2.72. The van der Waals surface area contributed by atoms with Crippen molar-refractivity contribution in [2.24, 2.45) is 0 Å². The summed E-state index contributed by atoms with van der Waals surface area (Å²) in [6.45, 7) is 8.14. The van der Waals surface area contributed by atoms with E-state index in [1.54, 1.807) is 12.5 Å². The molecule has 0 atom stereocenters. The topological polar surface area (TPSA) is 44.5 Å². The number of rotatable bonds is 2. The van der Waals surface area contributed by atoms with Crippen molar-refractivity contribution in [1.29, 1.82) is 0 Å². The summed E-state index contributed by atoms with van der Waals surface area (Å²) in [5, 5.41) is 0. The molecule has 21 heavy (non-hydrogen) atoms. The Morgan fingerprint density at radius 2 is 1.81 bits per heavy atom. The molecule has 0 aromatic carbocycles. The molecule has 2 aromatic rings. The van der Waals surface area contributed by atoms with Crippen molar-refractivity contribution >= 4 is 28.5 Å². The van der Waals surface area contributed by atoms with Crippen LogP contribution in [0, 0.1) is 0 Å². The van der Waals surface area contributed by atoms with Crippen LogP contribution in [0.4, 0.5) is 0 Å². The third kappa shape index (κ3) is 2.56. The van der Waals surface area contributed by atoms with Gasteiger partial charge >= 0.3 is 7.12 Å². The highest BCUT2D eigenvalue weighted by Crippen LogP contribution is 2.36. The Bertz CT molecular complexity index is 639. The van der Waals surface area contributed by atoms with Crippen LogP contribution >= 0.6 is 15.9 Å². The number of pyridine rings is 1. The summed E-state index contributed by atoms with van der Waals surface area (Å²) in [4.78, 5) is 4.46. The van der Waals surface area contributed by atoms with Crippen LogP contribution in [0.25, 0.3) is 11.5 Å². The van der Waals surface area contributed by atoms with Crippen molar-refractivity contribution in [2.45, 2.75) is 38.9 Å². The highest BCUT2D eigenvalue weighted by atomic mass is 79.9. The van der Waals surface area contributed by atoms with Gasteiger partial charge in [0.15, 0.2) is 5.76 Å². The quantitative estimate of drug-likeness (QED) is 0.779. The molecule has 1 aliphatic rings. The molecule has 110 valence electrons. The Labute approximate surface area is 133 Å². The molecule has 0 amide bonds. The normalized spacial score (nSPS) is 20.0. The van der Waals surface area contributed by atoms with E-state index in [0.717, 1.165) is 21.4 Å². The lowest BCUT2D eigenvalue weighted by Gasteiger charge is -2.32. The van der Waals surface area contributed by atoms with Crippen LogP contribution in [0.5, 0.6) is 0 Å². The predicted molar refractivity (Wildman–Crippen MR) is 85.4 cm³/mol. The second-order valence-corrected chi connectivity index (χ2v) is 7.02. The molecule has 4 nitrogen and oxygen atoms in total. The summed E-state index contributed by atoms with van der Waals surface area (Å²) in [6.07, 6.45) is 3.40. The Morgan fingerprint density at radius 3 is 2.33 bits per heavy atom. The van der Waals surface area contributed by atoms with Crippen molar-refractivity contribution in [2.75, 3.05) is 0 Å². The Balaban J connectivity index is 1.90. The first-order valence-corrected chi connectivity index (χ1v) is 7.64. The van der Waals surface area contributed by atoms with E-state index in [1.807, 2.05) is 45.9 Å². The molecule has 1 saturated heterocycles. The maximum absolute atomic E-state index is 6.03. The van der Waals surface area contributed by atoms with Gasteiger partial charge in [-0.15, -0.1) is 0 Å². The SMILES string of the molecule is CC1(C)OB(c2cnc(-c3ccco3)c(Br)c2)OC1(C)C. The molecule has 0 bridgehead atoms. The molecular formula is C15H17BBrNO3. The number of aromatic nitrogens is 1. The van der Waals surface area contributed by atoms with Gasteiger partial charge in [0.1, 0.15) is 5.69 Å². The molecule has 2 aromatic heterocycles. The van der Waals surface area contributed by atoms with Gasteiger partial charge in [-0.05, 0) is 61.8 Å². The predicted octanol–water partition coefficient (Wildman–Crippen LogP) is 3.40. The molecule has 0 saturated carbocycles. The smallest absolute Gasteiger partial charge is 0.463 e. The first kappa shape index (κ1) is 14.8. The van der Waals surface area contributed by atoms with Crippen molar-refractivity contribution < 1.29 is 13.7 Å². The van der Waals surface area contributed by atoms with E-state index < -0.39 is 7.12 Å². The molecule has 3 rings (SSSR count). The van der Waals surface area contributed by atoms with Gasteiger partial charge < -0.3 is 13.7 Å². The van der Waals surface area contributed by atoms with Crippen LogP contribution in [0.15, 0.2) is 39.5 Å². The van der Waals surface area contributed by atoms with E-state index in [1.165, 1.54) is 0 Å². The number of hydrogen-bond donors (Lipinski definition) is 0. The zero-order chi connectivity index (χ0) is 15.3. The van der Waals surface area contributed by atoms with Crippen molar-refractivity contribution in [3.05, 3.63) is 35.1 Å². The molecule has 1 aliphatic heterocycles. The van der Waals surface area contributed by atoms with Gasteiger partial charge in [-0.25, -0.2) is 0 Å². The van der Waals surface area contributed by atoms with Gasteiger partial charge in [0, 0.05) is 16.1 Å². The lowest BCUT2D eigenvalue weighted by Crippen LogP contribution is -2.41. The third-order valence-electron chi connectivity index (χ3n) is 4.14. The zero-order valence-corrected chi connectivity index (χ0v) is 14.1. The molecule has 6 heteroatoms. The average molecular weight is 350 g/mol. The fourth-order valence-electron chi connectivity index (χ4n) is 2.16. The van der Waals surface area contributed by atoms with Crippen LogP contribution in [-0.4, -0.2) is 23.3 Å². The lowest BCUT2D eigenvalue weighted by atomic mass is 9.80. The van der Waals surface area contributed by atoms with Gasteiger partial charge in [-0.3, -0.25) is 4.98 Å². The molecule has 0 N–H and O–H groups in total. The van der Waals surface area contributed by atoms with Gasteiger partial charge in [0.05, 0.1) is 17.5 Å². The molecule has 0 aliphatic carbocycles. The van der Waals surface area contributed by atoms with E-state index in [9.17, 15) is 0 Å². The Kier molecular flexibility index (Phi) is 3.51. The third-order valence-corrected chi connectivity index (χ3v) is 4.75.